The lowest BCUT2D eigenvalue weighted by atomic mass is 9.99. The second kappa shape index (κ2) is 3.44. The van der Waals surface area contributed by atoms with Crippen LogP contribution in [0.5, 0.6) is 0 Å². The Hall–Kier alpha value is -2.17. The first kappa shape index (κ1) is 10.4. The molecule has 0 fully saturated rings. The quantitative estimate of drug-likeness (QED) is 0.563. The van der Waals surface area contributed by atoms with Crippen LogP contribution in [0.25, 0.3) is 0 Å². The fourth-order valence-electron chi connectivity index (χ4n) is 1.73. The first-order valence-electron chi connectivity index (χ1n) is 4.64. The molecule has 2 rings (SSSR count). The number of fused-ring (bicyclic) bond motifs is 1. The zero-order chi connectivity index (χ0) is 11.9. The van der Waals surface area contributed by atoms with Crippen LogP contribution in [0, 0.1) is 6.92 Å². The Kier molecular flexibility index (Phi) is 2.23. The minimum Gasteiger partial charge on any atom is -0.465 e. The lowest BCUT2D eigenvalue weighted by molar-refractivity contribution is -0.112. The van der Waals surface area contributed by atoms with Gasteiger partial charge in [-0.3, -0.25) is 9.59 Å². The van der Waals surface area contributed by atoms with E-state index in [1.54, 1.807) is 6.92 Å². The summed E-state index contributed by atoms with van der Waals surface area (Å²) in [6.07, 6.45) is 0. The number of carbonyl (C=O) groups is 3. The van der Waals surface area contributed by atoms with Crippen LogP contribution in [0.4, 0.5) is 5.69 Å². The summed E-state index contributed by atoms with van der Waals surface area (Å²) >= 11 is 0. The highest BCUT2D eigenvalue weighted by Crippen LogP contribution is 2.28. The van der Waals surface area contributed by atoms with Crippen molar-refractivity contribution < 1.29 is 19.1 Å². The molecule has 1 heterocycles. The average Bonchev–Trinajstić information content (AvgIpc) is 2.55. The Morgan fingerprint density at radius 1 is 1.31 bits per heavy atom. The number of ether oxygens (including phenoxy) is 1. The van der Waals surface area contributed by atoms with Gasteiger partial charge >= 0.3 is 5.97 Å². The maximum Gasteiger partial charge on any atom is 0.338 e. The van der Waals surface area contributed by atoms with E-state index in [9.17, 15) is 14.4 Å². The third kappa shape index (κ3) is 1.29. The summed E-state index contributed by atoms with van der Waals surface area (Å²) in [5.41, 5.74) is 1.46. The van der Waals surface area contributed by atoms with Crippen molar-refractivity contribution in [2.24, 2.45) is 0 Å². The number of anilines is 1. The Balaban J connectivity index is 2.62. The minimum atomic E-state index is -0.667. The van der Waals surface area contributed by atoms with E-state index in [2.05, 4.69) is 10.1 Å². The van der Waals surface area contributed by atoms with E-state index in [0.717, 1.165) is 0 Å². The first-order valence-corrected chi connectivity index (χ1v) is 4.64. The zero-order valence-electron chi connectivity index (χ0n) is 8.79. The van der Waals surface area contributed by atoms with E-state index in [1.807, 2.05) is 0 Å². The molecular formula is C11H9NO4. The molecule has 0 spiro atoms. The van der Waals surface area contributed by atoms with Gasteiger partial charge in [0, 0.05) is 0 Å². The predicted molar refractivity (Wildman–Crippen MR) is 55.5 cm³/mol. The molecule has 0 saturated heterocycles. The number of rotatable bonds is 1. The Labute approximate surface area is 91.4 Å². The Morgan fingerprint density at radius 3 is 2.62 bits per heavy atom. The molecule has 0 atom stereocenters. The number of carbonyl (C=O) groups excluding carboxylic acids is 3. The van der Waals surface area contributed by atoms with Gasteiger partial charge in [0.1, 0.15) is 0 Å². The van der Waals surface area contributed by atoms with Gasteiger partial charge in [0.2, 0.25) is 0 Å². The average molecular weight is 219 g/mol. The molecule has 1 aliphatic heterocycles. The van der Waals surface area contributed by atoms with Crippen LogP contribution in [-0.4, -0.2) is 24.8 Å². The third-order valence-electron chi connectivity index (χ3n) is 2.55. The van der Waals surface area contributed by atoms with E-state index >= 15 is 0 Å². The van der Waals surface area contributed by atoms with Crippen LogP contribution in [0.15, 0.2) is 12.1 Å². The van der Waals surface area contributed by atoms with Gasteiger partial charge in [0.05, 0.1) is 23.9 Å². The molecule has 0 aromatic heterocycles. The largest absolute Gasteiger partial charge is 0.465 e. The fraction of sp³-hybridized carbons (Fsp3) is 0.182. The summed E-state index contributed by atoms with van der Waals surface area (Å²) in [4.78, 5) is 34.1. The normalized spacial score (nSPS) is 13.4. The summed E-state index contributed by atoms with van der Waals surface area (Å²) in [6.45, 7) is 1.61. The summed E-state index contributed by atoms with van der Waals surface area (Å²) < 4.78 is 4.58. The molecule has 1 aromatic rings. The summed E-state index contributed by atoms with van der Waals surface area (Å²) in [5, 5.41) is 2.43. The second-order valence-corrected chi connectivity index (χ2v) is 3.44. The highest BCUT2D eigenvalue weighted by atomic mass is 16.5. The van der Waals surface area contributed by atoms with E-state index < -0.39 is 17.7 Å². The van der Waals surface area contributed by atoms with Crippen molar-refractivity contribution >= 4 is 23.3 Å². The first-order chi connectivity index (χ1) is 7.56. The van der Waals surface area contributed by atoms with Crippen molar-refractivity contribution in [2.45, 2.75) is 6.92 Å². The molecule has 0 aliphatic carbocycles. The standard InChI is InChI=1S/C11H9NO4/c1-5-6(11(15)16-2)3-4-7-8(5)9(13)10(14)12-7/h3-4H,1-2H3,(H,12,13,14). The van der Waals surface area contributed by atoms with Gasteiger partial charge in [0.25, 0.3) is 11.7 Å². The van der Waals surface area contributed by atoms with Crippen molar-refractivity contribution in [3.05, 3.63) is 28.8 Å². The number of hydrogen-bond donors (Lipinski definition) is 1. The van der Waals surface area contributed by atoms with Crippen LogP contribution in [0.3, 0.4) is 0 Å². The van der Waals surface area contributed by atoms with Crippen molar-refractivity contribution in [1.82, 2.24) is 0 Å². The molecule has 0 saturated carbocycles. The lowest BCUT2D eigenvalue weighted by Gasteiger charge is -2.06. The summed E-state index contributed by atoms with van der Waals surface area (Å²) in [5.74, 6) is -1.80. The molecule has 1 amide bonds. The van der Waals surface area contributed by atoms with E-state index in [1.165, 1.54) is 19.2 Å². The van der Waals surface area contributed by atoms with E-state index in [-0.39, 0.29) is 5.56 Å². The highest BCUT2D eigenvalue weighted by molar-refractivity contribution is 6.52. The van der Waals surface area contributed by atoms with Gasteiger partial charge in [-0.05, 0) is 24.6 Å². The van der Waals surface area contributed by atoms with Gasteiger partial charge in [-0.2, -0.15) is 0 Å². The molecule has 1 N–H and O–H groups in total. The molecule has 0 radical (unpaired) electrons. The summed E-state index contributed by atoms with van der Waals surface area (Å²) in [7, 11) is 1.26. The topological polar surface area (TPSA) is 72.5 Å². The zero-order valence-corrected chi connectivity index (χ0v) is 8.79. The van der Waals surface area contributed by atoms with Crippen molar-refractivity contribution in [3.8, 4) is 0 Å². The number of ketones is 1. The molecule has 5 nitrogen and oxygen atoms in total. The van der Waals surface area contributed by atoms with Crippen LogP contribution >= 0.6 is 0 Å². The minimum absolute atomic E-state index is 0.257. The maximum atomic E-state index is 11.5. The van der Waals surface area contributed by atoms with Crippen molar-refractivity contribution in [2.75, 3.05) is 12.4 Å². The summed E-state index contributed by atoms with van der Waals surface area (Å²) in [6, 6.07) is 3.05. The smallest absolute Gasteiger partial charge is 0.338 e. The van der Waals surface area contributed by atoms with Gasteiger partial charge in [-0.15, -0.1) is 0 Å². The van der Waals surface area contributed by atoms with Crippen LogP contribution in [-0.2, 0) is 9.53 Å². The second-order valence-electron chi connectivity index (χ2n) is 3.44. The lowest BCUT2D eigenvalue weighted by Crippen LogP contribution is -2.13. The maximum absolute atomic E-state index is 11.5. The number of Topliss-reactive ketones (excluding diaryl/α,β-unsaturated/α-hetero) is 1. The van der Waals surface area contributed by atoms with E-state index in [4.69, 9.17) is 0 Å². The molecule has 82 valence electrons. The van der Waals surface area contributed by atoms with Crippen molar-refractivity contribution in [1.29, 1.82) is 0 Å². The molecule has 5 heteroatoms. The molecule has 16 heavy (non-hydrogen) atoms. The van der Waals surface area contributed by atoms with Crippen LogP contribution in [0.2, 0.25) is 0 Å². The number of benzene rings is 1. The van der Waals surface area contributed by atoms with Crippen LogP contribution in [0.1, 0.15) is 26.3 Å². The number of amides is 1. The predicted octanol–water partition coefficient (Wildman–Crippen LogP) is 0.916. The number of nitrogens with one attached hydrogen (secondary N) is 1. The molecule has 1 aromatic carbocycles. The SMILES string of the molecule is COC(=O)c1ccc2c(c1C)C(=O)C(=O)N2. The van der Waals surface area contributed by atoms with Gasteiger partial charge in [-0.1, -0.05) is 0 Å². The Bertz CT molecular complexity index is 519. The van der Waals surface area contributed by atoms with Gasteiger partial charge < -0.3 is 10.1 Å². The molecular weight excluding hydrogens is 210 g/mol. The molecule has 0 unspecified atom stereocenters. The molecule has 0 bridgehead atoms. The van der Waals surface area contributed by atoms with E-state index in [0.29, 0.717) is 16.8 Å². The van der Waals surface area contributed by atoms with Gasteiger partial charge in [0.15, 0.2) is 0 Å². The number of hydrogen-bond acceptors (Lipinski definition) is 4. The molecule has 1 aliphatic rings. The fourth-order valence-corrected chi connectivity index (χ4v) is 1.73. The number of esters is 1. The monoisotopic (exact) mass is 219 g/mol. The van der Waals surface area contributed by atoms with Crippen LogP contribution < -0.4 is 5.32 Å². The third-order valence-corrected chi connectivity index (χ3v) is 2.55. The Morgan fingerprint density at radius 2 is 2.00 bits per heavy atom. The van der Waals surface area contributed by atoms with Gasteiger partial charge in [-0.25, -0.2) is 4.79 Å². The number of methoxy groups -OCH3 is 1. The highest BCUT2D eigenvalue weighted by Gasteiger charge is 2.31. The van der Waals surface area contributed by atoms with Crippen molar-refractivity contribution in [3.63, 3.8) is 0 Å².